The van der Waals surface area contributed by atoms with Crippen molar-refractivity contribution in [2.45, 2.75) is 33.0 Å². The topological polar surface area (TPSA) is 91.0 Å². The molecule has 0 saturated carbocycles. The van der Waals surface area contributed by atoms with Crippen LogP contribution in [0.3, 0.4) is 0 Å². The van der Waals surface area contributed by atoms with E-state index in [4.69, 9.17) is 4.74 Å². The highest BCUT2D eigenvalue weighted by atomic mass is 16.6. The monoisotopic (exact) mass is 436 g/mol. The molecular weight excluding hydrogens is 408 g/mol. The number of nitrogens with one attached hydrogen (secondary N) is 2. The van der Waals surface area contributed by atoms with Gasteiger partial charge in [0, 0.05) is 37.3 Å². The molecular formula is C24H28N4O4. The van der Waals surface area contributed by atoms with E-state index in [-0.39, 0.29) is 24.0 Å². The summed E-state index contributed by atoms with van der Waals surface area (Å²) in [5, 5.41) is 5.71. The van der Waals surface area contributed by atoms with Gasteiger partial charge in [-0.1, -0.05) is 56.3 Å². The molecule has 2 fully saturated rings. The molecule has 2 aliphatic heterocycles. The molecule has 4 amide bonds. The van der Waals surface area contributed by atoms with Gasteiger partial charge in [-0.25, -0.2) is 9.59 Å². The number of ether oxygens (including phenoxy) is 1. The first-order chi connectivity index (χ1) is 15.3. The third-order valence-electron chi connectivity index (χ3n) is 5.89. The first-order valence-electron chi connectivity index (χ1n) is 10.7. The Bertz CT molecular complexity index is 991. The summed E-state index contributed by atoms with van der Waals surface area (Å²) in [5.41, 5.74) is 2.30. The van der Waals surface area contributed by atoms with Gasteiger partial charge in [-0.05, 0) is 23.3 Å². The lowest BCUT2D eigenvalue weighted by Crippen LogP contribution is -2.69. The number of amides is 4. The van der Waals surface area contributed by atoms with E-state index < -0.39 is 12.1 Å². The lowest BCUT2D eigenvalue weighted by Gasteiger charge is -2.51. The Kier molecular flexibility index (Phi) is 6.03. The Morgan fingerprint density at radius 1 is 1.09 bits per heavy atom. The van der Waals surface area contributed by atoms with Crippen LogP contribution >= 0.6 is 0 Å². The molecule has 8 heteroatoms. The second-order valence-electron chi connectivity index (χ2n) is 8.83. The summed E-state index contributed by atoms with van der Waals surface area (Å²) in [7, 11) is 0. The number of urea groups is 1. The SMILES string of the molecule is CC1(C)CN(C(=O)OCc2ccccc2)C1C(=O)NCc1ccc(N2CCNC2=O)cc1. The van der Waals surface area contributed by atoms with Gasteiger partial charge in [0.1, 0.15) is 12.6 Å². The molecule has 2 N–H and O–H groups in total. The Morgan fingerprint density at radius 2 is 1.81 bits per heavy atom. The Hall–Kier alpha value is -3.55. The van der Waals surface area contributed by atoms with Crippen LogP contribution in [0, 0.1) is 5.41 Å². The van der Waals surface area contributed by atoms with Crippen molar-refractivity contribution in [3.05, 3.63) is 65.7 Å². The number of nitrogens with zero attached hydrogens (tertiary/aromatic N) is 2. The molecule has 1 unspecified atom stereocenters. The fourth-order valence-electron chi connectivity index (χ4n) is 4.19. The minimum atomic E-state index is -0.585. The van der Waals surface area contributed by atoms with Gasteiger partial charge in [0.15, 0.2) is 0 Å². The van der Waals surface area contributed by atoms with Crippen LogP contribution in [-0.2, 0) is 22.7 Å². The number of hydrogen-bond acceptors (Lipinski definition) is 4. The van der Waals surface area contributed by atoms with E-state index in [0.717, 1.165) is 16.8 Å². The van der Waals surface area contributed by atoms with E-state index in [1.54, 1.807) is 4.90 Å². The fourth-order valence-corrected chi connectivity index (χ4v) is 4.19. The molecule has 32 heavy (non-hydrogen) atoms. The summed E-state index contributed by atoms with van der Waals surface area (Å²) in [6, 6.07) is 16.3. The number of rotatable bonds is 6. The number of hydrogen-bond donors (Lipinski definition) is 2. The molecule has 1 atom stereocenters. The standard InChI is InChI=1S/C24H28N4O4/c1-24(2)16-28(23(31)32-15-18-6-4-3-5-7-18)20(24)21(29)26-14-17-8-10-19(11-9-17)27-13-12-25-22(27)30/h3-11,20H,12-16H2,1-2H3,(H,25,30)(H,26,29). The van der Waals surface area contributed by atoms with Crippen molar-refractivity contribution in [1.82, 2.24) is 15.5 Å². The van der Waals surface area contributed by atoms with Crippen molar-refractivity contribution >= 4 is 23.7 Å². The highest BCUT2D eigenvalue weighted by Crippen LogP contribution is 2.37. The molecule has 0 spiro atoms. The third-order valence-corrected chi connectivity index (χ3v) is 5.89. The highest BCUT2D eigenvalue weighted by molar-refractivity contribution is 5.94. The molecule has 0 bridgehead atoms. The minimum Gasteiger partial charge on any atom is -0.445 e. The highest BCUT2D eigenvalue weighted by Gasteiger charge is 2.53. The van der Waals surface area contributed by atoms with Crippen molar-refractivity contribution < 1.29 is 19.1 Å². The van der Waals surface area contributed by atoms with Crippen molar-refractivity contribution in [2.24, 2.45) is 5.41 Å². The average molecular weight is 437 g/mol. The summed E-state index contributed by atoms with van der Waals surface area (Å²) in [6.45, 7) is 6.19. The van der Waals surface area contributed by atoms with Gasteiger partial charge in [0.2, 0.25) is 5.91 Å². The van der Waals surface area contributed by atoms with Crippen molar-refractivity contribution in [2.75, 3.05) is 24.5 Å². The van der Waals surface area contributed by atoms with Crippen LogP contribution < -0.4 is 15.5 Å². The van der Waals surface area contributed by atoms with Crippen molar-refractivity contribution in [1.29, 1.82) is 0 Å². The molecule has 0 radical (unpaired) electrons. The summed E-state index contributed by atoms with van der Waals surface area (Å²) < 4.78 is 5.41. The quantitative estimate of drug-likeness (QED) is 0.729. The molecule has 2 aromatic rings. The van der Waals surface area contributed by atoms with E-state index in [2.05, 4.69) is 10.6 Å². The molecule has 0 aromatic heterocycles. The van der Waals surface area contributed by atoms with E-state index in [0.29, 0.717) is 26.2 Å². The molecule has 2 heterocycles. The van der Waals surface area contributed by atoms with Crippen molar-refractivity contribution in [3.8, 4) is 0 Å². The number of anilines is 1. The van der Waals surface area contributed by atoms with Gasteiger partial charge < -0.3 is 15.4 Å². The maximum absolute atomic E-state index is 12.9. The summed E-state index contributed by atoms with van der Waals surface area (Å²) in [5.74, 6) is -0.207. The zero-order chi connectivity index (χ0) is 22.7. The maximum Gasteiger partial charge on any atom is 0.410 e. The van der Waals surface area contributed by atoms with Gasteiger partial charge in [-0.2, -0.15) is 0 Å². The molecule has 2 aliphatic rings. The Labute approximate surface area is 187 Å². The van der Waals surface area contributed by atoms with E-state index in [9.17, 15) is 14.4 Å². The summed E-state index contributed by atoms with van der Waals surface area (Å²) in [6.07, 6.45) is -0.485. The molecule has 2 saturated heterocycles. The first-order valence-corrected chi connectivity index (χ1v) is 10.7. The van der Waals surface area contributed by atoms with Crippen LogP contribution in [0.1, 0.15) is 25.0 Å². The Balaban J connectivity index is 1.32. The smallest absolute Gasteiger partial charge is 0.410 e. The number of benzene rings is 2. The van der Waals surface area contributed by atoms with Gasteiger partial charge in [-0.15, -0.1) is 0 Å². The zero-order valence-electron chi connectivity index (χ0n) is 18.3. The lowest BCUT2D eigenvalue weighted by molar-refractivity contribution is -0.141. The van der Waals surface area contributed by atoms with Gasteiger partial charge in [0.05, 0.1) is 0 Å². The van der Waals surface area contributed by atoms with Crippen molar-refractivity contribution in [3.63, 3.8) is 0 Å². The third kappa shape index (κ3) is 4.54. The minimum absolute atomic E-state index is 0.0995. The van der Waals surface area contributed by atoms with E-state index >= 15 is 0 Å². The number of carbonyl (C=O) groups is 3. The second kappa shape index (κ2) is 8.90. The lowest BCUT2D eigenvalue weighted by atomic mass is 9.74. The molecule has 2 aromatic carbocycles. The normalized spacial score (nSPS) is 19.2. The Morgan fingerprint density at radius 3 is 2.44 bits per heavy atom. The maximum atomic E-state index is 12.9. The second-order valence-corrected chi connectivity index (χ2v) is 8.83. The summed E-state index contributed by atoms with van der Waals surface area (Å²) in [4.78, 5) is 40.4. The first kappa shape index (κ1) is 21.7. The van der Waals surface area contributed by atoms with Crippen LogP contribution in [0.15, 0.2) is 54.6 Å². The predicted molar refractivity (Wildman–Crippen MR) is 120 cm³/mol. The van der Waals surface area contributed by atoms with Crippen LogP contribution in [0.5, 0.6) is 0 Å². The van der Waals surface area contributed by atoms with Gasteiger partial charge >= 0.3 is 12.1 Å². The molecule has 4 rings (SSSR count). The molecule has 0 aliphatic carbocycles. The van der Waals surface area contributed by atoms with Crippen LogP contribution in [0.25, 0.3) is 0 Å². The molecule has 8 nitrogen and oxygen atoms in total. The van der Waals surface area contributed by atoms with Crippen LogP contribution in [0.4, 0.5) is 15.3 Å². The van der Waals surface area contributed by atoms with E-state index in [1.165, 1.54) is 4.90 Å². The van der Waals surface area contributed by atoms with Crippen LogP contribution in [-0.4, -0.2) is 48.6 Å². The zero-order valence-corrected chi connectivity index (χ0v) is 18.3. The van der Waals surface area contributed by atoms with Gasteiger partial charge in [0.25, 0.3) is 0 Å². The molecule has 168 valence electrons. The van der Waals surface area contributed by atoms with Crippen LogP contribution in [0.2, 0.25) is 0 Å². The van der Waals surface area contributed by atoms with Gasteiger partial charge in [-0.3, -0.25) is 14.6 Å². The predicted octanol–water partition coefficient (Wildman–Crippen LogP) is 2.88. The number of carbonyl (C=O) groups excluding carboxylic acids is 3. The summed E-state index contributed by atoms with van der Waals surface area (Å²) >= 11 is 0. The largest absolute Gasteiger partial charge is 0.445 e. The fraction of sp³-hybridized carbons (Fsp3) is 0.375. The average Bonchev–Trinajstić information content (AvgIpc) is 3.21. The number of likely N-dealkylation sites (tertiary alicyclic amines) is 1. The van der Waals surface area contributed by atoms with E-state index in [1.807, 2.05) is 68.4 Å².